The van der Waals surface area contributed by atoms with Gasteiger partial charge in [-0.2, -0.15) is 0 Å². The predicted octanol–water partition coefficient (Wildman–Crippen LogP) is 3.82. The maximum absolute atomic E-state index is 10.1. The summed E-state index contributed by atoms with van der Waals surface area (Å²) in [7, 11) is 0. The van der Waals surface area contributed by atoms with E-state index < -0.39 is 12.1 Å². The van der Waals surface area contributed by atoms with E-state index in [0.717, 1.165) is 19.1 Å². The smallest absolute Gasteiger partial charge is 0.142 e. The van der Waals surface area contributed by atoms with Crippen molar-refractivity contribution in [3.63, 3.8) is 0 Å². The number of halogens is 3. The molecule has 110 valence electrons. The molecule has 0 unspecified atom stereocenters. The highest BCUT2D eigenvalue weighted by atomic mass is 127. The van der Waals surface area contributed by atoms with Crippen LogP contribution in [0.5, 0.6) is 5.75 Å². The molecule has 1 aromatic rings. The standard InChI is InChI=1S/C13H19I2NO2.ClH/c1-7(2)3-4-11(17)12(16)8-5-9(14)13(18)10(15)6-8;/h5-7,11-12,17-18H,3-4,16H2,1-2H3;1H/t11-,12+;/m1./s1. The number of phenolic OH excluding ortho intramolecular Hbond substituents is 1. The van der Waals surface area contributed by atoms with E-state index in [-0.39, 0.29) is 18.2 Å². The van der Waals surface area contributed by atoms with Crippen molar-refractivity contribution >= 4 is 57.6 Å². The Morgan fingerprint density at radius 3 is 2.05 bits per heavy atom. The van der Waals surface area contributed by atoms with Crippen LogP contribution in [-0.4, -0.2) is 16.3 Å². The number of rotatable bonds is 5. The first-order valence-electron chi connectivity index (χ1n) is 5.94. The third-order valence-corrected chi connectivity index (χ3v) is 4.52. The van der Waals surface area contributed by atoms with Crippen molar-refractivity contribution in [1.82, 2.24) is 0 Å². The fourth-order valence-corrected chi connectivity index (χ4v) is 3.50. The second-order valence-electron chi connectivity index (χ2n) is 4.90. The van der Waals surface area contributed by atoms with Gasteiger partial charge in [-0.1, -0.05) is 13.8 Å². The van der Waals surface area contributed by atoms with Gasteiger partial charge >= 0.3 is 0 Å². The molecule has 0 saturated heterocycles. The van der Waals surface area contributed by atoms with Crippen LogP contribution in [0.1, 0.15) is 38.3 Å². The summed E-state index contributed by atoms with van der Waals surface area (Å²) in [5.74, 6) is 0.843. The third-order valence-electron chi connectivity index (χ3n) is 2.88. The van der Waals surface area contributed by atoms with E-state index >= 15 is 0 Å². The van der Waals surface area contributed by atoms with Crippen molar-refractivity contribution in [1.29, 1.82) is 0 Å². The zero-order valence-electron chi connectivity index (χ0n) is 10.9. The molecule has 0 radical (unpaired) electrons. The fraction of sp³-hybridized carbons (Fsp3) is 0.538. The summed E-state index contributed by atoms with van der Waals surface area (Å²) in [6.07, 6.45) is 1.12. The minimum absolute atomic E-state index is 0. The number of nitrogens with two attached hydrogens (primary N) is 1. The highest BCUT2D eigenvalue weighted by molar-refractivity contribution is 14.1. The lowest BCUT2D eigenvalue weighted by Gasteiger charge is -2.21. The molecule has 0 heterocycles. The number of phenols is 1. The van der Waals surface area contributed by atoms with Crippen LogP contribution in [0.15, 0.2) is 12.1 Å². The number of aliphatic hydroxyl groups is 1. The Morgan fingerprint density at radius 2 is 1.63 bits per heavy atom. The number of hydrogen-bond acceptors (Lipinski definition) is 3. The van der Waals surface area contributed by atoms with Gasteiger partial charge in [-0.05, 0) is 81.6 Å². The SMILES string of the molecule is CC(C)CC[C@@H](O)[C@@H](N)c1cc(I)c(O)c(I)c1.Cl. The second kappa shape index (κ2) is 8.86. The van der Waals surface area contributed by atoms with Crippen molar-refractivity contribution in [3.8, 4) is 5.75 Å². The lowest BCUT2D eigenvalue weighted by Crippen LogP contribution is -2.26. The minimum Gasteiger partial charge on any atom is -0.506 e. The molecule has 0 spiro atoms. The van der Waals surface area contributed by atoms with E-state index in [1.807, 2.05) is 12.1 Å². The Kier molecular flexibility index (Phi) is 9.18. The molecule has 6 heteroatoms. The van der Waals surface area contributed by atoms with Crippen molar-refractivity contribution in [3.05, 3.63) is 24.8 Å². The second-order valence-corrected chi connectivity index (χ2v) is 7.22. The van der Waals surface area contributed by atoms with Gasteiger partial charge in [-0.25, -0.2) is 0 Å². The van der Waals surface area contributed by atoms with E-state index in [2.05, 4.69) is 59.0 Å². The molecule has 2 atom stereocenters. The topological polar surface area (TPSA) is 66.5 Å². The Balaban J connectivity index is 0.00000324. The highest BCUT2D eigenvalue weighted by Gasteiger charge is 2.19. The van der Waals surface area contributed by atoms with E-state index in [1.54, 1.807) is 0 Å². The molecule has 0 aliphatic heterocycles. The van der Waals surface area contributed by atoms with Gasteiger partial charge in [0.1, 0.15) is 5.75 Å². The first-order valence-corrected chi connectivity index (χ1v) is 8.10. The summed E-state index contributed by atoms with van der Waals surface area (Å²) in [6, 6.07) is 3.27. The molecule has 1 aromatic carbocycles. The maximum atomic E-state index is 10.1. The largest absolute Gasteiger partial charge is 0.506 e. The quantitative estimate of drug-likeness (QED) is 0.527. The molecule has 0 fully saturated rings. The van der Waals surface area contributed by atoms with Crippen molar-refractivity contribution in [2.75, 3.05) is 0 Å². The normalized spacial score (nSPS) is 14.1. The average Bonchev–Trinajstić information content (AvgIpc) is 2.31. The molecule has 0 aromatic heterocycles. The summed E-state index contributed by atoms with van der Waals surface area (Å²) in [4.78, 5) is 0. The van der Waals surface area contributed by atoms with Gasteiger partial charge in [-0.15, -0.1) is 12.4 Å². The van der Waals surface area contributed by atoms with E-state index in [9.17, 15) is 10.2 Å². The molecule has 1 rings (SSSR count). The van der Waals surface area contributed by atoms with E-state index in [1.165, 1.54) is 0 Å². The minimum atomic E-state index is -0.538. The number of aromatic hydroxyl groups is 1. The molecule has 0 saturated carbocycles. The van der Waals surface area contributed by atoms with Gasteiger partial charge in [0, 0.05) is 0 Å². The van der Waals surface area contributed by atoms with Crippen LogP contribution in [0.3, 0.4) is 0 Å². The van der Waals surface area contributed by atoms with Crippen LogP contribution in [0.4, 0.5) is 0 Å². The monoisotopic (exact) mass is 511 g/mol. The molecule has 4 N–H and O–H groups in total. The van der Waals surface area contributed by atoms with Gasteiger partial charge in [0.25, 0.3) is 0 Å². The first kappa shape index (κ1) is 19.7. The fourth-order valence-electron chi connectivity index (χ4n) is 1.68. The average molecular weight is 512 g/mol. The summed E-state index contributed by atoms with van der Waals surface area (Å²) >= 11 is 4.14. The van der Waals surface area contributed by atoms with Crippen LogP contribution in [0, 0.1) is 13.1 Å². The summed E-state index contributed by atoms with van der Waals surface area (Å²) < 4.78 is 1.53. The zero-order chi connectivity index (χ0) is 13.9. The number of hydrogen-bond donors (Lipinski definition) is 3. The Labute approximate surface area is 148 Å². The van der Waals surface area contributed by atoms with Gasteiger partial charge in [0.2, 0.25) is 0 Å². The molecule has 3 nitrogen and oxygen atoms in total. The van der Waals surface area contributed by atoms with Gasteiger partial charge in [0.05, 0.1) is 19.3 Å². The van der Waals surface area contributed by atoms with Crippen LogP contribution in [0.2, 0.25) is 0 Å². The first-order chi connectivity index (χ1) is 8.32. The Hall–Kier alpha value is 0.690. The Morgan fingerprint density at radius 1 is 1.16 bits per heavy atom. The van der Waals surface area contributed by atoms with Crippen LogP contribution < -0.4 is 5.73 Å². The van der Waals surface area contributed by atoms with Crippen LogP contribution in [-0.2, 0) is 0 Å². The molecular formula is C13H20ClI2NO2. The van der Waals surface area contributed by atoms with E-state index in [0.29, 0.717) is 12.3 Å². The summed E-state index contributed by atoms with van der Waals surface area (Å²) in [5.41, 5.74) is 6.95. The van der Waals surface area contributed by atoms with Crippen molar-refractivity contribution in [2.24, 2.45) is 11.7 Å². The molecule has 0 bridgehead atoms. The zero-order valence-corrected chi connectivity index (χ0v) is 16.1. The molecule has 0 aliphatic carbocycles. The van der Waals surface area contributed by atoms with Crippen molar-refractivity contribution < 1.29 is 10.2 Å². The lowest BCUT2D eigenvalue weighted by molar-refractivity contribution is 0.128. The maximum Gasteiger partial charge on any atom is 0.142 e. The summed E-state index contributed by atoms with van der Waals surface area (Å²) in [6.45, 7) is 4.26. The van der Waals surface area contributed by atoms with E-state index in [4.69, 9.17) is 5.73 Å². The number of benzene rings is 1. The Bertz CT molecular complexity index is 393. The lowest BCUT2D eigenvalue weighted by atomic mass is 9.96. The van der Waals surface area contributed by atoms with Crippen LogP contribution in [0.25, 0.3) is 0 Å². The van der Waals surface area contributed by atoms with Gasteiger partial charge in [0.15, 0.2) is 0 Å². The number of aliphatic hydroxyl groups excluding tert-OH is 1. The van der Waals surface area contributed by atoms with Crippen LogP contribution >= 0.6 is 57.6 Å². The molecule has 0 amide bonds. The van der Waals surface area contributed by atoms with Gasteiger partial charge in [-0.3, -0.25) is 0 Å². The molecule has 19 heavy (non-hydrogen) atoms. The molecule has 0 aliphatic rings. The third kappa shape index (κ3) is 5.91. The molecular weight excluding hydrogens is 491 g/mol. The van der Waals surface area contributed by atoms with Gasteiger partial charge < -0.3 is 15.9 Å². The van der Waals surface area contributed by atoms with Crippen molar-refractivity contribution in [2.45, 2.75) is 38.8 Å². The highest BCUT2D eigenvalue weighted by Crippen LogP contribution is 2.30. The summed E-state index contributed by atoms with van der Waals surface area (Å²) in [5, 5.41) is 19.8. The predicted molar refractivity (Wildman–Crippen MR) is 97.8 cm³/mol.